The van der Waals surface area contributed by atoms with Crippen molar-refractivity contribution in [1.29, 1.82) is 0 Å². The second-order valence-electron chi connectivity index (χ2n) is 3.65. The number of hydrogen-bond acceptors (Lipinski definition) is 2. The minimum Gasteiger partial charge on any atom is -0.377 e. The van der Waals surface area contributed by atoms with Crippen LogP contribution in [-0.4, -0.2) is 19.3 Å². The van der Waals surface area contributed by atoms with Crippen molar-refractivity contribution in [3.05, 3.63) is 0 Å². The number of rotatable bonds is 4. The van der Waals surface area contributed by atoms with Gasteiger partial charge >= 0.3 is 0 Å². The van der Waals surface area contributed by atoms with Crippen LogP contribution in [0, 0.1) is 11.8 Å². The quantitative estimate of drug-likeness (QED) is 0.669. The molecule has 1 saturated carbocycles. The Morgan fingerprint density at radius 2 is 2.18 bits per heavy atom. The lowest BCUT2D eigenvalue weighted by molar-refractivity contribution is -0.0281. The highest BCUT2D eigenvalue weighted by Crippen LogP contribution is 2.48. The first-order valence-corrected chi connectivity index (χ1v) is 4.45. The van der Waals surface area contributed by atoms with Gasteiger partial charge in [-0.3, -0.25) is 0 Å². The van der Waals surface area contributed by atoms with Gasteiger partial charge in [-0.2, -0.15) is 0 Å². The zero-order valence-electron chi connectivity index (χ0n) is 7.76. The Kier molecular flexibility index (Phi) is 2.55. The summed E-state index contributed by atoms with van der Waals surface area (Å²) >= 11 is 0. The Balaban J connectivity index is 2.57. The van der Waals surface area contributed by atoms with Crippen molar-refractivity contribution in [2.24, 2.45) is 17.6 Å². The summed E-state index contributed by atoms with van der Waals surface area (Å²) in [7, 11) is 1.78. The zero-order valence-corrected chi connectivity index (χ0v) is 7.76. The molecule has 2 nitrogen and oxygen atoms in total. The van der Waals surface area contributed by atoms with Crippen molar-refractivity contribution < 1.29 is 4.74 Å². The van der Waals surface area contributed by atoms with Gasteiger partial charge in [0.05, 0.1) is 5.60 Å². The second kappa shape index (κ2) is 3.11. The average Bonchev–Trinajstić information content (AvgIpc) is 2.73. The number of nitrogens with two attached hydrogens (primary N) is 1. The molecule has 0 radical (unpaired) electrons. The van der Waals surface area contributed by atoms with Gasteiger partial charge in [-0.05, 0) is 24.7 Å². The van der Waals surface area contributed by atoms with Crippen LogP contribution in [0.1, 0.15) is 26.7 Å². The molecule has 2 heteroatoms. The Labute approximate surface area is 69.1 Å². The molecule has 1 aliphatic rings. The van der Waals surface area contributed by atoms with Crippen molar-refractivity contribution in [1.82, 2.24) is 0 Å². The van der Waals surface area contributed by atoms with E-state index in [-0.39, 0.29) is 5.60 Å². The SMILES string of the molecule is CCC(CN)(OC)C1CC1C. The third-order valence-electron chi connectivity index (χ3n) is 3.14. The van der Waals surface area contributed by atoms with Crippen LogP contribution in [0.15, 0.2) is 0 Å². The summed E-state index contributed by atoms with van der Waals surface area (Å²) in [6, 6.07) is 0. The summed E-state index contributed by atoms with van der Waals surface area (Å²) < 4.78 is 5.51. The Hall–Kier alpha value is -0.0800. The van der Waals surface area contributed by atoms with Crippen molar-refractivity contribution in [3.63, 3.8) is 0 Å². The molecule has 0 bridgehead atoms. The minimum absolute atomic E-state index is 0.0145. The average molecular weight is 157 g/mol. The van der Waals surface area contributed by atoms with Gasteiger partial charge in [0, 0.05) is 13.7 Å². The lowest BCUT2D eigenvalue weighted by atomic mass is 9.93. The fourth-order valence-electron chi connectivity index (χ4n) is 1.99. The van der Waals surface area contributed by atoms with E-state index in [1.165, 1.54) is 6.42 Å². The molecule has 1 rings (SSSR count). The van der Waals surface area contributed by atoms with Gasteiger partial charge in [0.25, 0.3) is 0 Å². The first-order valence-electron chi connectivity index (χ1n) is 4.45. The van der Waals surface area contributed by atoms with E-state index >= 15 is 0 Å². The fraction of sp³-hybridized carbons (Fsp3) is 1.00. The van der Waals surface area contributed by atoms with Crippen molar-refractivity contribution in [2.75, 3.05) is 13.7 Å². The molecule has 1 aliphatic carbocycles. The van der Waals surface area contributed by atoms with Crippen LogP contribution in [0.5, 0.6) is 0 Å². The third kappa shape index (κ3) is 1.42. The molecule has 2 N–H and O–H groups in total. The summed E-state index contributed by atoms with van der Waals surface area (Å²) in [5.41, 5.74) is 5.69. The molecule has 66 valence electrons. The maximum atomic E-state index is 5.71. The molecule has 3 atom stereocenters. The van der Waals surface area contributed by atoms with Gasteiger partial charge in [-0.25, -0.2) is 0 Å². The van der Waals surface area contributed by atoms with Crippen LogP contribution in [-0.2, 0) is 4.74 Å². The molecule has 3 unspecified atom stereocenters. The number of methoxy groups -OCH3 is 1. The number of ether oxygens (including phenoxy) is 1. The van der Waals surface area contributed by atoms with Crippen LogP contribution in [0.3, 0.4) is 0 Å². The first-order chi connectivity index (χ1) is 5.20. The van der Waals surface area contributed by atoms with Gasteiger partial charge in [0.2, 0.25) is 0 Å². The molecule has 1 fully saturated rings. The van der Waals surface area contributed by atoms with Gasteiger partial charge in [0.15, 0.2) is 0 Å². The van der Waals surface area contributed by atoms with E-state index in [1.807, 2.05) is 0 Å². The smallest absolute Gasteiger partial charge is 0.0828 e. The fourth-order valence-corrected chi connectivity index (χ4v) is 1.99. The molecule has 0 aromatic heterocycles. The van der Waals surface area contributed by atoms with Crippen LogP contribution in [0.2, 0.25) is 0 Å². The molecule has 0 aromatic rings. The zero-order chi connectivity index (χ0) is 8.48. The predicted molar refractivity (Wildman–Crippen MR) is 46.4 cm³/mol. The van der Waals surface area contributed by atoms with E-state index in [4.69, 9.17) is 10.5 Å². The minimum atomic E-state index is -0.0145. The molecule has 0 aliphatic heterocycles. The maximum Gasteiger partial charge on any atom is 0.0828 e. The summed E-state index contributed by atoms with van der Waals surface area (Å²) in [6.07, 6.45) is 2.33. The maximum absolute atomic E-state index is 5.71. The van der Waals surface area contributed by atoms with Gasteiger partial charge in [0.1, 0.15) is 0 Å². The van der Waals surface area contributed by atoms with Crippen LogP contribution in [0.4, 0.5) is 0 Å². The largest absolute Gasteiger partial charge is 0.377 e. The Bertz CT molecular complexity index is 123. The highest BCUT2D eigenvalue weighted by Gasteiger charge is 2.48. The molecule has 0 spiro atoms. The summed E-state index contributed by atoms with van der Waals surface area (Å²) in [4.78, 5) is 0. The highest BCUT2D eigenvalue weighted by atomic mass is 16.5. The van der Waals surface area contributed by atoms with E-state index in [0.717, 1.165) is 12.3 Å². The van der Waals surface area contributed by atoms with Crippen LogP contribution in [0.25, 0.3) is 0 Å². The molecular formula is C9H19NO. The van der Waals surface area contributed by atoms with Crippen molar-refractivity contribution in [3.8, 4) is 0 Å². The monoisotopic (exact) mass is 157 g/mol. The van der Waals surface area contributed by atoms with Crippen molar-refractivity contribution >= 4 is 0 Å². The number of hydrogen-bond donors (Lipinski definition) is 1. The topological polar surface area (TPSA) is 35.2 Å². The Morgan fingerprint density at radius 1 is 1.64 bits per heavy atom. The van der Waals surface area contributed by atoms with E-state index < -0.39 is 0 Å². The van der Waals surface area contributed by atoms with E-state index in [2.05, 4.69) is 13.8 Å². The lowest BCUT2D eigenvalue weighted by Gasteiger charge is -2.30. The molecule has 0 saturated heterocycles. The Morgan fingerprint density at radius 3 is 2.27 bits per heavy atom. The predicted octanol–water partition coefficient (Wildman–Crippen LogP) is 1.40. The van der Waals surface area contributed by atoms with Gasteiger partial charge < -0.3 is 10.5 Å². The first kappa shape index (κ1) is 9.01. The third-order valence-corrected chi connectivity index (χ3v) is 3.14. The van der Waals surface area contributed by atoms with Gasteiger partial charge in [-0.1, -0.05) is 13.8 Å². The van der Waals surface area contributed by atoms with Crippen LogP contribution < -0.4 is 5.73 Å². The molecule has 11 heavy (non-hydrogen) atoms. The normalized spacial score (nSPS) is 34.9. The molecule has 0 amide bonds. The van der Waals surface area contributed by atoms with E-state index in [9.17, 15) is 0 Å². The lowest BCUT2D eigenvalue weighted by Crippen LogP contribution is -2.42. The summed E-state index contributed by atoms with van der Waals surface area (Å²) in [5.74, 6) is 1.53. The van der Waals surface area contributed by atoms with E-state index in [0.29, 0.717) is 12.5 Å². The van der Waals surface area contributed by atoms with E-state index in [1.54, 1.807) is 7.11 Å². The molecule has 0 aromatic carbocycles. The highest BCUT2D eigenvalue weighted by molar-refractivity contribution is 5.00. The summed E-state index contributed by atoms with van der Waals surface area (Å²) in [5, 5.41) is 0. The summed E-state index contributed by atoms with van der Waals surface area (Å²) in [6.45, 7) is 5.08. The van der Waals surface area contributed by atoms with Gasteiger partial charge in [-0.15, -0.1) is 0 Å². The van der Waals surface area contributed by atoms with Crippen molar-refractivity contribution in [2.45, 2.75) is 32.3 Å². The standard InChI is InChI=1S/C9H19NO/c1-4-9(6-10,11-3)8-5-7(8)2/h7-8H,4-6,10H2,1-3H3. The second-order valence-corrected chi connectivity index (χ2v) is 3.65. The van der Waals surface area contributed by atoms with Crippen LogP contribution >= 0.6 is 0 Å². The molecular weight excluding hydrogens is 138 g/mol. The molecule has 0 heterocycles.